The molecule has 0 radical (unpaired) electrons. The number of nitrogens with two attached hydrogens (primary N) is 1. The molecule has 0 aliphatic rings. The molecule has 0 unspecified atom stereocenters. The van der Waals surface area contributed by atoms with E-state index >= 15 is 0 Å². The molecular weight excluding hydrogens is 262 g/mol. The van der Waals surface area contributed by atoms with Gasteiger partial charge in [0, 0.05) is 27.9 Å². The highest BCUT2D eigenvalue weighted by Crippen LogP contribution is 2.31. The van der Waals surface area contributed by atoms with Gasteiger partial charge in [0.15, 0.2) is 0 Å². The molecule has 0 aliphatic heterocycles. The Morgan fingerprint density at radius 3 is 3.00 bits per heavy atom. The van der Waals surface area contributed by atoms with Gasteiger partial charge in [0.25, 0.3) is 0 Å². The van der Waals surface area contributed by atoms with Crippen molar-refractivity contribution in [2.24, 2.45) is 0 Å². The van der Waals surface area contributed by atoms with Crippen LogP contribution < -0.4 is 5.73 Å². The number of hydrogen-bond acceptors (Lipinski definition) is 5. The first-order chi connectivity index (χ1) is 7.68. The van der Waals surface area contributed by atoms with Crippen molar-refractivity contribution in [2.45, 2.75) is 17.6 Å². The van der Waals surface area contributed by atoms with Gasteiger partial charge < -0.3 is 5.73 Å². The zero-order chi connectivity index (χ0) is 11.5. The Morgan fingerprint density at radius 1 is 1.50 bits per heavy atom. The molecule has 16 heavy (non-hydrogen) atoms. The fourth-order valence-electron chi connectivity index (χ4n) is 1.21. The zero-order valence-corrected chi connectivity index (χ0v) is 11.0. The first-order valence-electron chi connectivity index (χ1n) is 4.63. The van der Waals surface area contributed by atoms with E-state index in [1.54, 1.807) is 11.8 Å². The molecule has 1 aromatic heterocycles. The summed E-state index contributed by atoms with van der Waals surface area (Å²) in [6.07, 6.45) is 0. The van der Waals surface area contributed by atoms with E-state index in [9.17, 15) is 0 Å². The summed E-state index contributed by atoms with van der Waals surface area (Å²) in [7, 11) is 0. The van der Waals surface area contributed by atoms with Crippen molar-refractivity contribution in [1.29, 1.82) is 0 Å². The first kappa shape index (κ1) is 11.7. The maximum Gasteiger partial charge on any atom is 0.138 e. The molecule has 0 spiro atoms. The van der Waals surface area contributed by atoms with Crippen molar-refractivity contribution in [2.75, 3.05) is 5.73 Å². The van der Waals surface area contributed by atoms with Crippen LogP contribution in [-0.2, 0) is 5.75 Å². The van der Waals surface area contributed by atoms with Gasteiger partial charge >= 0.3 is 0 Å². The number of benzene rings is 1. The van der Waals surface area contributed by atoms with E-state index in [0.29, 0.717) is 10.1 Å². The summed E-state index contributed by atoms with van der Waals surface area (Å²) in [4.78, 5) is 1.06. The average Bonchev–Trinajstić information content (AvgIpc) is 2.67. The number of hydrogen-bond donors (Lipinski definition) is 1. The van der Waals surface area contributed by atoms with Gasteiger partial charge in [-0.3, -0.25) is 0 Å². The molecule has 2 rings (SSSR count). The van der Waals surface area contributed by atoms with Gasteiger partial charge in [0.05, 0.1) is 0 Å². The Bertz CT molecular complexity index is 499. The van der Waals surface area contributed by atoms with E-state index in [4.69, 9.17) is 17.3 Å². The fraction of sp³-hybridized carbons (Fsp3) is 0.200. The van der Waals surface area contributed by atoms with E-state index in [2.05, 4.69) is 9.59 Å². The lowest BCUT2D eigenvalue weighted by Crippen LogP contribution is -1.92. The third kappa shape index (κ3) is 2.48. The average molecular weight is 272 g/mol. The van der Waals surface area contributed by atoms with Gasteiger partial charge in [-0.2, -0.15) is 0 Å². The molecule has 0 amide bonds. The van der Waals surface area contributed by atoms with E-state index < -0.39 is 0 Å². The van der Waals surface area contributed by atoms with E-state index in [-0.39, 0.29) is 0 Å². The minimum atomic E-state index is 0.652. The Morgan fingerprint density at radius 2 is 2.31 bits per heavy atom. The van der Waals surface area contributed by atoms with Crippen LogP contribution in [0.25, 0.3) is 0 Å². The molecule has 0 aliphatic carbocycles. The number of nitrogen functional groups attached to an aromatic ring is 1. The van der Waals surface area contributed by atoms with Crippen molar-refractivity contribution in [1.82, 2.24) is 9.59 Å². The van der Waals surface area contributed by atoms with Crippen LogP contribution in [0.2, 0.25) is 4.34 Å². The second kappa shape index (κ2) is 5.03. The molecule has 0 saturated carbocycles. The summed E-state index contributed by atoms with van der Waals surface area (Å²) < 4.78 is 4.44. The molecule has 0 atom stereocenters. The molecule has 0 fully saturated rings. The lowest BCUT2D eigenvalue weighted by Gasteiger charge is -2.06. The minimum Gasteiger partial charge on any atom is -0.398 e. The Labute approximate surface area is 107 Å². The normalized spacial score (nSPS) is 10.6. The molecule has 1 aromatic carbocycles. The topological polar surface area (TPSA) is 51.8 Å². The van der Waals surface area contributed by atoms with Crippen LogP contribution in [0.4, 0.5) is 5.69 Å². The van der Waals surface area contributed by atoms with Crippen LogP contribution in [0.3, 0.4) is 0 Å². The largest absolute Gasteiger partial charge is 0.398 e. The number of anilines is 1. The second-order valence-electron chi connectivity index (χ2n) is 3.27. The molecular formula is C10H10ClN3S2. The molecule has 2 aromatic rings. The van der Waals surface area contributed by atoms with Gasteiger partial charge in [-0.1, -0.05) is 28.2 Å². The van der Waals surface area contributed by atoms with E-state index in [1.807, 2.05) is 25.1 Å². The van der Waals surface area contributed by atoms with Crippen molar-refractivity contribution >= 4 is 40.6 Å². The quantitative estimate of drug-likeness (QED) is 0.687. The molecule has 84 valence electrons. The zero-order valence-electron chi connectivity index (χ0n) is 8.61. The predicted molar refractivity (Wildman–Crippen MR) is 70.1 cm³/mol. The van der Waals surface area contributed by atoms with Gasteiger partial charge in [-0.15, -0.1) is 16.9 Å². The van der Waals surface area contributed by atoms with Crippen LogP contribution in [0.5, 0.6) is 0 Å². The maximum atomic E-state index is 5.97. The predicted octanol–water partition coefficient (Wildman–Crippen LogP) is 3.37. The lowest BCUT2D eigenvalue weighted by molar-refractivity contribution is 1.07. The molecule has 1 heterocycles. The number of para-hydroxylation sites is 1. The van der Waals surface area contributed by atoms with Crippen LogP contribution in [0.1, 0.15) is 11.3 Å². The monoisotopic (exact) mass is 271 g/mol. The van der Waals surface area contributed by atoms with Crippen molar-refractivity contribution in [3.05, 3.63) is 33.8 Å². The summed E-state index contributed by atoms with van der Waals surface area (Å²) in [6, 6.07) is 5.99. The Kier molecular flexibility index (Phi) is 3.68. The smallest absolute Gasteiger partial charge is 0.138 e. The molecule has 3 nitrogen and oxygen atoms in total. The standard InChI is InChI=1S/C10H10ClN3S2/c1-6-3-2-4-8(9(6)12)15-5-7-10(11)16-14-13-7/h2-4H,5,12H2,1H3. The van der Waals surface area contributed by atoms with Crippen molar-refractivity contribution in [3.8, 4) is 0 Å². The first-order valence-corrected chi connectivity index (χ1v) is 6.77. The Hall–Kier alpha value is -0.780. The van der Waals surface area contributed by atoms with E-state index in [0.717, 1.165) is 21.8 Å². The van der Waals surface area contributed by atoms with Gasteiger partial charge in [0.2, 0.25) is 0 Å². The molecule has 2 N–H and O–H groups in total. The van der Waals surface area contributed by atoms with Crippen LogP contribution in [0, 0.1) is 6.92 Å². The molecule has 0 bridgehead atoms. The highest BCUT2D eigenvalue weighted by atomic mass is 35.5. The van der Waals surface area contributed by atoms with Gasteiger partial charge in [-0.05, 0) is 18.6 Å². The van der Waals surface area contributed by atoms with Crippen molar-refractivity contribution in [3.63, 3.8) is 0 Å². The van der Waals surface area contributed by atoms with Crippen molar-refractivity contribution < 1.29 is 0 Å². The summed E-state index contributed by atoms with van der Waals surface area (Å²) in [5.41, 5.74) is 8.71. The molecule has 6 heteroatoms. The van der Waals surface area contributed by atoms with Gasteiger partial charge in [0.1, 0.15) is 10.0 Å². The molecule has 0 saturated heterocycles. The highest BCUT2D eigenvalue weighted by molar-refractivity contribution is 7.98. The SMILES string of the molecule is Cc1cccc(SCc2nnsc2Cl)c1N. The lowest BCUT2D eigenvalue weighted by atomic mass is 10.2. The summed E-state index contributed by atoms with van der Waals surface area (Å²) in [5.74, 6) is 0.697. The number of aryl methyl sites for hydroxylation is 1. The summed E-state index contributed by atoms with van der Waals surface area (Å²) in [5, 5.41) is 3.96. The summed E-state index contributed by atoms with van der Waals surface area (Å²) >= 11 is 8.76. The fourth-order valence-corrected chi connectivity index (χ4v) is 2.99. The number of aromatic nitrogens is 2. The highest BCUT2D eigenvalue weighted by Gasteiger charge is 2.08. The second-order valence-corrected chi connectivity index (χ2v) is 5.64. The number of nitrogens with zero attached hydrogens (tertiary/aromatic N) is 2. The van der Waals surface area contributed by atoms with Gasteiger partial charge in [-0.25, -0.2) is 0 Å². The van der Waals surface area contributed by atoms with Crippen LogP contribution >= 0.6 is 34.9 Å². The number of halogens is 1. The minimum absolute atomic E-state index is 0.652. The number of thioether (sulfide) groups is 1. The summed E-state index contributed by atoms with van der Waals surface area (Å²) in [6.45, 7) is 2.00. The maximum absolute atomic E-state index is 5.97. The number of rotatable bonds is 3. The third-order valence-corrected chi connectivity index (χ3v) is 4.23. The van der Waals surface area contributed by atoms with Crippen LogP contribution in [0.15, 0.2) is 23.1 Å². The van der Waals surface area contributed by atoms with Crippen LogP contribution in [-0.4, -0.2) is 9.59 Å². The third-order valence-electron chi connectivity index (χ3n) is 2.16. The van der Waals surface area contributed by atoms with E-state index in [1.165, 1.54) is 11.5 Å². The Balaban J connectivity index is 2.11.